The summed E-state index contributed by atoms with van der Waals surface area (Å²) in [5.74, 6) is 1.46. The number of rotatable bonds is 3. The Labute approximate surface area is 123 Å². The Hall–Kier alpha value is -2.24. The molecule has 110 valence electrons. The summed E-state index contributed by atoms with van der Waals surface area (Å²) in [6.07, 6.45) is 5.27. The van der Waals surface area contributed by atoms with Crippen molar-refractivity contribution in [2.24, 2.45) is 5.92 Å². The number of aryl methyl sites for hydroxylation is 1. The van der Waals surface area contributed by atoms with Gasteiger partial charge >= 0.3 is 0 Å². The minimum Gasteiger partial charge on any atom is -0.355 e. The first-order valence-corrected chi connectivity index (χ1v) is 7.28. The maximum atomic E-state index is 11.7. The maximum Gasteiger partial charge on any atom is 0.253 e. The van der Waals surface area contributed by atoms with Crippen molar-refractivity contribution in [1.82, 2.24) is 19.7 Å². The lowest BCUT2D eigenvalue weighted by Crippen LogP contribution is -2.36. The highest BCUT2D eigenvalue weighted by Crippen LogP contribution is 2.22. The molecule has 1 aliphatic rings. The number of hydrogen-bond donors (Lipinski definition) is 0. The van der Waals surface area contributed by atoms with Gasteiger partial charge in [-0.25, -0.2) is 4.98 Å². The molecule has 1 aliphatic heterocycles. The van der Waals surface area contributed by atoms with Gasteiger partial charge in [0.05, 0.1) is 12.0 Å². The van der Waals surface area contributed by atoms with E-state index in [1.807, 2.05) is 19.1 Å². The van der Waals surface area contributed by atoms with Crippen LogP contribution in [0.3, 0.4) is 0 Å². The molecule has 0 atom stereocenters. The van der Waals surface area contributed by atoms with Gasteiger partial charge in [0.25, 0.3) is 5.56 Å². The first kappa shape index (κ1) is 13.7. The summed E-state index contributed by atoms with van der Waals surface area (Å²) in [4.78, 5) is 18.0. The molecule has 2 aromatic rings. The standard InChI is InChI=1S/C15H19N5O/c1-12-2-3-14(18-17-12)19-8-5-13(6-9-19)10-20-11-16-7-4-15(20)21/h2-4,7,11,13H,5-6,8-10H2,1H3. The molecule has 0 N–H and O–H groups in total. The molecule has 6 heteroatoms. The normalized spacial score (nSPS) is 16.1. The molecule has 1 fully saturated rings. The second-order valence-corrected chi connectivity index (χ2v) is 5.53. The van der Waals surface area contributed by atoms with Gasteiger partial charge in [-0.2, -0.15) is 5.10 Å². The summed E-state index contributed by atoms with van der Waals surface area (Å²) in [6, 6.07) is 5.52. The summed E-state index contributed by atoms with van der Waals surface area (Å²) in [5, 5.41) is 8.34. The second kappa shape index (κ2) is 6.03. The monoisotopic (exact) mass is 285 g/mol. The van der Waals surface area contributed by atoms with Crippen molar-refractivity contribution in [2.75, 3.05) is 18.0 Å². The lowest BCUT2D eigenvalue weighted by atomic mass is 9.96. The predicted octanol–water partition coefficient (Wildman–Crippen LogP) is 1.26. The molecule has 3 rings (SSSR count). The van der Waals surface area contributed by atoms with E-state index in [0.717, 1.165) is 44.0 Å². The Kier molecular flexibility index (Phi) is 3.94. The highest BCUT2D eigenvalue weighted by Gasteiger charge is 2.20. The fraction of sp³-hybridized carbons (Fsp3) is 0.467. The smallest absolute Gasteiger partial charge is 0.253 e. The average Bonchev–Trinajstić information content (AvgIpc) is 2.51. The van der Waals surface area contributed by atoms with Crippen LogP contribution in [0.1, 0.15) is 18.5 Å². The Morgan fingerprint density at radius 3 is 2.67 bits per heavy atom. The van der Waals surface area contributed by atoms with Crippen LogP contribution in [0, 0.1) is 12.8 Å². The van der Waals surface area contributed by atoms with Crippen molar-refractivity contribution in [3.8, 4) is 0 Å². The molecule has 0 aromatic carbocycles. The van der Waals surface area contributed by atoms with Gasteiger partial charge in [-0.05, 0) is 37.8 Å². The van der Waals surface area contributed by atoms with E-state index in [1.54, 1.807) is 10.9 Å². The van der Waals surface area contributed by atoms with E-state index < -0.39 is 0 Å². The predicted molar refractivity (Wildman–Crippen MR) is 80.2 cm³/mol. The zero-order valence-electron chi connectivity index (χ0n) is 12.1. The van der Waals surface area contributed by atoms with Crippen molar-refractivity contribution in [1.29, 1.82) is 0 Å². The molecule has 1 saturated heterocycles. The number of piperidine rings is 1. The minimum atomic E-state index is 0.0248. The third kappa shape index (κ3) is 3.26. The molecule has 21 heavy (non-hydrogen) atoms. The van der Waals surface area contributed by atoms with Gasteiger partial charge in [0.15, 0.2) is 5.82 Å². The molecule has 0 radical (unpaired) electrons. The quantitative estimate of drug-likeness (QED) is 0.849. The lowest BCUT2D eigenvalue weighted by molar-refractivity contribution is 0.350. The van der Waals surface area contributed by atoms with Crippen LogP contribution < -0.4 is 10.5 Å². The van der Waals surface area contributed by atoms with Crippen LogP contribution in [0.4, 0.5) is 5.82 Å². The summed E-state index contributed by atoms with van der Waals surface area (Å²) in [5.41, 5.74) is 0.960. The first-order chi connectivity index (χ1) is 10.2. The average molecular weight is 285 g/mol. The Morgan fingerprint density at radius 2 is 2.00 bits per heavy atom. The molecule has 0 unspecified atom stereocenters. The summed E-state index contributed by atoms with van der Waals surface area (Å²) >= 11 is 0. The van der Waals surface area contributed by atoms with Gasteiger partial charge in [0.1, 0.15) is 0 Å². The van der Waals surface area contributed by atoms with Crippen molar-refractivity contribution >= 4 is 5.82 Å². The highest BCUT2D eigenvalue weighted by atomic mass is 16.1. The summed E-state index contributed by atoms with van der Waals surface area (Å²) < 4.78 is 1.70. The molecule has 0 saturated carbocycles. The fourth-order valence-corrected chi connectivity index (χ4v) is 2.70. The second-order valence-electron chi connectivity index (χ2n) is 5.53. The van der Waals surface area contributed by atoms with E-state index in [-0.39, 0.29) is 5.56 Å². The van der Waals surface area contributed by atoms with E-state index in [4.69, 9.17) is 0 Å². The Balaban J connectivity index is 1.59. The minimum absolute atomic E-state index is 0.0248. The molecule has 0 spiro atoms. The molecule has 6 nitrogen and oxygen atoms in total. The SMILES string of the molecule is Cc1ccc(N2CCC(Cn3cnccc3=O)CC2)nn1. The molecule has 0 aliphatic carbocycles. The van der Waals surface area contributed by atoms with Crippen LogP contribution in [0.15, 0.2) is 35.5 Å². The molecular weight excluding hydrogens is 266 g/mol. The van der Waals surface area contributed by atoms with Crippen molar-refractivity contribution in [3.63, 3.8) is 0 Å². The third-order valence-corrected chi connectivity index (χ3v) is 3.97. The van der Waals surface area contributed by atoms with Crippen molar-refractivity contribution < 1.29 is 0 Å². The fourth-order valence-electron chi connectivity index (χ4n) is 2.70. The number of anilines is 1. The maximum absolute atomic E-state index is 11.7. The summed E-state index contributed by atoms with van der Waals surface area (Å²) in [7, 11) is 0. The lowest BCUT2D eigenvalue weighted by Gasteiger charge is -2.32. The number of nitrogens with zero attached hydrogens (tertiary/aromatic N) is 5. The number of hydrogen-bond acceptors (Lipinski definition) is 5. The van der Waals surface area contributed by atoms with E-state index in [0.29, 0.717) is 5.92 Å². The van der Waals surface area contributed by atoms with Gasteiger partial charge < -0.3 is 4.90 Å². The number of aromatic nitrogens is 4. The van der Waals surface area contributed by atoms with E-state index >= 15 is 0 Å². The summed E-state index contributed by atoms with van der Waals surface area (Å²) in [6.45, 7) is 4.60. The Bertz CT molecular complexity index is 644. The highest BCUT2D eigenvalue weighted by molar-refractivity contribution is 5.37. The molecule has 0 amide bonds. The van der Waals surface area contributed by atoms with Crippen molar-refractivity contribution in [2.45, 2.75) is 26.3 Å². The molecule has 0 bridgehead atoms. The molecular formula is C15H19N5O. The van der Waals surface area contributed by atoms with Crippen LogP contribution in [-0.4, -0.2) is 32.8 Å². The van der Waals surface area contributed by atoms with Crippen molar-refractivity contribution in [3.05, 3.63) is 46.8 Å². The Morgan fingerprint density at radius 1 is 1.19 bits per heavy atom. The largest absolute Gasteiger partial charge is 0.355 e. The first-order valence-electron chi connectivity index (χ1n) is 7.28. The van der Waals surface area contributed by atoms with Crippen LogP contribution in [0.25, 0.3) is 0 Å². The zero-order chi connectivity index (χ0) is 14.7. The van der Waals surface area contributed by atoms with Gasteiger partial charge in [-0.15, -0.1) is 5.10 Å². The van der Waals surface area contributed by atoms with Gasteiger partial charge in [0.2, 0.25) is 0 Å². The van der Waals surface area contributed by atoms with Crippen LogP contribution in [0.5, 0.6) is 0 Å². The molecule has 3 heterocycles. The van der Waals surface area contributed by atoms with E-state index in [2.05, 4.69) is 20.1 Å². The van der Waals surface area contributed by atoms with E-state index in [9.17, 15) is 4.79 Å². The third-order valence-electron chi connectivity index (χ3n) is 3.97. The molecule has 2 aromatic heterocycles. The van der Waals surface area contributed by atoms with Crippen LogP contribution in [-0.2, 0) is 6.54 Å². The van der Waals surface area contributed by atoms with Gasteiger partial charge in [-0.1, -0.05) is 0 Å². The van der Waals surface area contributed by atoms with Gasteiger partial charge in [0, 0.05) is 31.9 Å². The van der Waals surface area contributed by atoms with Crippen LogP contribution >= 0.6 is 0 Å². The van der Waals surface area contributed by atoms with Gasteiger partial charge in [-0.3, -0.25) is 9.36 Å². The van der Waals surface area contributed by atoms with Crippen LogP contribution in [0.2, 0.25) is 0 Å². The van der Waals surface area contributed by atoms with E-state index in [1.165, 1.54) is 12.3 Å². The topological polar surface area (TPSA) is 63.9 Å². The zero-order valence-corrected chi connectivity index (χ0v) is 12.1.